The zero-order valence-corrected chi connectivity index (χ0v) is 32.6. The van der Waals surface area contributed by atoms with Gasteiger partial charge in [-0.05, 0) is 51.4 Å². The first-order valence-electron chi connectivity index (χ1n) is 20.1. The van der Waals surface area contributed by atoms with Crippen molar-refractivity contribution < 1.29 is 28.4 Å². The van der Waals surface area contributed by atoms with Gasteiger partial charge in [-0.3, -0.25) is 13.8 Å². The van der Waals surface area contributed by atoms with Crippen LogP contribution in [-0.4, -0.2) is 47.8 Å². The number of unbranched alkanes of at least 4 members (excludes halogenated alkanes) is 21. The predicted octanol–water partition coefficient (Wildman–Crippen LogP) is 10.8. The molecule has 9 heteroatoms. The summed E-state index contributed by atoms with van der Waals surface area (Å²) in [5.41, 5.74) is 5.36. The molecular formula is C40H77N2O6P. The number of phosphoric ester groups is 1. The summed E-state index contributed by atoms with van der Waals surface area (Å²) in [7, 11) is -4.34. The summed E-state index contributed by atoms with van der Waals surface area (Å²) in [6.07, 6.45) is 41.8. The van der Waals surface area contributed by atoms with E-state index in [0.717, 1.165) is 64.2 Å². The van der Waals surface area contributed by atoms with Crippen molar-refractivity contribution in [2.24, 2.45) is 5.73 Å². The minimum absolute atomic E-state index is 0.0756. The van der Waals surface area contributed by atoms with Crippen LogP contribution < -0.4 is 11.1 Å². The summed E-state index contributed by atoms with van der Waals surface area (Å²) in [4.78, 5) is 22.6. The molecule has 49 heavy (non-hydrogen) atoms. The Labute approximate surface area is 301 Å². The highest BCUT2D eigenvalue weighted by Gasteiger charge is 2.26. The topological polar surface area (TPSA) is 131 Å². The molecule has 3 unspecified atom stereocenters. The van der Waals surface area contributed by atoms with Crippen molar-refractivity contribution in [3.63, 3.8) is 0 Å². The van der Waals surface area contributed by atoms with Crippen LogP contribution in [0.5, 0.6) is 0 Å². The van der Waals surface area contributed by atoms with Gasteiger partial charge in [0.15, 0.2) is 0 Å². The number of rotatable bonds is 37. The zero-order chi connectivity index (χ0) is 36.1. The third kappa shape index (κ3) is 34.9. The molecule has 0 fully saturated rings. The minimum atomic E-state index is -4.34. The molecular weight excluding hydrogens is 635 g/mol. The lowest BCUT2D eigenvalue weighted by molar-refractivity contribution is -0.123. The Hall–Kier alpha value is -1.28. The monoisotopic (exact) mass is 713 g/mol. The Kier molecular flexibility index (Phi) is 35.6. The van der Waals surface area contributed by atoms with Crippen LogP contribution in [0.25, 0.3) is 0 Å². The fraction of sp³-hybridized carbons (Fsp3) is 0.825. The van der Waals surface area contributed by atoms with Crippen LogP contribution in [0.15, 0.2) is 36.5 Å². The Balaban J connectivity index is 4.31. The smallest absolute Gasteiger partial charge is 0.387 e. The lowest BCUT2D eigenvalue weighted by Crippen LogP contribution is -2.45. The lowest BCUT2D eigenvalue weighted by Gasteiger charge is -2.23. The highest BCUT2D eigenvalue weighted by atomic mass is 31.2. The summed E-state index contributed by atoms with van der Waals surface area (Å²) in [5, 5.41) is 13.6. The zero-order valence-electron chi connectivity index (χ0n) is 31.7. The molecule has 0 heterocycles. The number of carbonyl (C=O) groups is 1. The first-order valence-corrected chi connectivity index (χ1v) is 21.6. The van der Waals surface area contributed by atoms with Crippen LogP contribution in [0.3, 0.4) is 0 Å². The van der Waals surface area contributed by atoms with Crippen LogP contribution >= 0.6 is 7.82 Å². The van der Waals surface area contributed by atoms with Gasteiger partial charge in [0.2, 0.25) is 5.91 Å². The van der Waals surface area contributed by atoms with Gasteiger partial charge in [0, 0.05) is 13.0 Å². The van der Waals surface area contributed by atoms with Crippen LogP contribution in [0, 0.1) is 0 Å². The molecule has 0 aliphatic heterocycles. The van der Waals surface area contributed by atoms with Gasteiger partial charge in [0.1, 0.15) is 0 Å². The van der Waals surface area contributed by atoms with Gasteiger partial charge in [0.05, 0.1) is 25.4 Å². The molecule has 0 aliphatic carbocycles. The maximum atomic E-state index is 12.7. The molecule has 3 atom stereocenters. The van der Waals surface area contributed by atoms with Crippen molar-refractivity contribution >= 4 is 13.7 Å². The van der Waals surface area contributed by atoms with Gasteiger partial charge < -0.3 is 21.1 Å². The number of amides is 1. The van der Waals surface area contributed by atoms with Crippen LogP contribution in [-0.2, 0) is 18.4 Å². The molecule has 0 rings (SSSR count). The van der Waals surface area contributed by atoms with E-state index < -0.39 is 20.0 Å². The number of nitrogens with one attached hydrogen (secondary N) is 1. The van der Waals surface area contributed by atoms with E-state index in [9.17, 15) is 19.4 Å². The fourth-order valence-corrected chi connectivity index (χ4v) is 6.39. The molecule has 1 amide bonds. The van der Waals surface area contributed by atoms with Gasteiger partial charge in [-0.1, -0.05) is 159 Å². The molecule has 0 spiro atoms. The molecule has 8 nitrogen and oxygen atoms in total. The van der Waals surface area contributed by atoms with E-state index in [1.165, 1.54) is 96.3 Å². The molecule has 0 aliphatic rings. The highest BCUT2D eigenvalue weighted by molar-refractivity contribution is 7.47. The first-order chi connectivity index (χ1) is 23.9. The quantitative estimate of drug-likeness (QED) is 0.0286. The number of hydrogen-bond donors (Lipinski definition) is 4. The Bertz CT molecular complexity index is 866. The molecule has 0 aromatic rings. The van der Waals surface area contributed by atoms with Crippen molar-refractivity contribution in [2.45, 2.75) is 193 Å². The number of allylic oxidation sites excluding steroid dienone is 5. The SMILES string of the molecule is CCCCCC/C=C\C/C=C\CCCCCCCC(=O)NC(COP(=O)(O)OCCN)C(O)/C=C/CCCCCCCCCCCCCC. The van der Waals surface area contributed by atoms with E-state index in [0.29, 0.717) is 6.42 Å². The number of carbonyl (C=O) groups excluding carboxylic acids is 1. The summed E-state index contributed by atoms with van der Waals surface area (Å²) in [6, 6.07) is -0.865. The third-order valence-corrected chi connectivity index (χ3v) is 9.69. The molecule has 0 aromatic carbocycles. The van der Waals surface area contributed by atoms with E-state index in [4.69, 9.17) is 14.8 Å². The highest BCUT2D eigenvalue weighted by Crippen LogP contribution is 2.43. The second kappa shape index (κ2) is 36.5. The first kappa shape index (κ1) is 47.7. The molecule has 5 N–H and O–H groups in total. The van der Waals surface area contributed by atoms with Gasteiger partial charge in [-0.2, -0.15) is 0 Å². The van der Waals surface area contributed by atoms with Crippen molar-refractivity contribution in [1.82, 2.24) is 5.32 Å². The average molecular weight is 713 g/mol. The largest absolute Gasteiger partial charge is 0.472 e. The molecule has 0 saturated heterocycles. The molecule has 288 valence electrons. The third-order valence-electron chi connectivity index (χ3n) is 8.71. The van der Waals surface area contributed by atoms with Crippen molar-refractivity contribution in [1.29, 1.82) is 0 Å². The molecule has 0 radical (unpaired) electrons. The van der Waals surface area contributed by atoms with Gasteiger partial charge >= 0.3 is 7.82 Å². The second-order valence-corrected chi connectivity index (χ2v) is 14.9. The van der Waals surface area contributed by atoms with Crippen molar-refractivity contribution in [3.05, 3.63) is 36.5 Å². The maximum Gasteiger partial charge on any atom is 0.472 e. The predicted molar refractivity (Wildman–Crippen MR) is 208 cm³/mol. The van der Waals surface area contributed by atoms with E-state index in [-0.39, 0.29) is 25.7 Å². The Morgan fingerprint density at radius 3 is 1.63 bits per heavy atom. The lowest BCUT2D eigenvalue weighted by atomic mass is 10.0. The van der Waals surface area contributed by atoms with E-state index in [1.807, 2.05) is 6.08 Å². The van der Waals surface area contributed by atoms with Gasteiger partial charge in [-0.15, -0.1) is 0 Å². The second-order valence-electron chi connectivity index (χ2n) is 13.5. The standard InChI is InChI=1S/C40H77N2O6P/c1-3-5-7-9-11-13-15-17-19-20-22-24-26-28-30-32-34-40(44)42-38(37-48-49(45,46)47-36-35-41)39(43)33-31-29-27-25-23-21-18-16-14-12-10-8-6-4-2/h13,15,19-20,31,33,38-39,43H,3-12,14,16-18,21-30,32,34-37,41H2,1-2H3,(H,42,44)(H,45,46)/b15-13-,20-19-,33-31+. The van der Waals surface area contributed by atoms with E-state index in [2.05, 4.69) is 43.5 Å². The number of nitrogens with two attached hydrogens (primary N) is 1. The Morgan fingerprint density at radius 2 is 1.12 bits per heavy atom. The maximum absolute atomic E-state index is 12.7. The van der Waals surface area contributed by atoms with Crippen molar-refractivity contribution in [3.8, 4) is 0 Å². The van der Waals surface area contributed by atoms with Gasteiger partial charge in [-0.25, -0.2) is 4.57 Å². The molecule has 0 aromatic heterocycles. The number of phosphoric acid groups is 1. The summed E-state index contributed by atoms with van der Waals surface area (Å²) in [5.74, 6) is -0.209. The average Bonchev–Trinajstić information content (AvgIpc) is 3.09. The van der Waals surface area contributed by atoms with Crippen molar-refractivity contribution in [2.75, 3.05) is 19.8 Å². The number of hydrogen-bond acceptors (Lipinski definition) is 6. The van der Waals surface area contributed by atoms with Crippen LogP contribution in [0.2, 0.25) is 0 Å². The van der Waals surface area contributed by atoms with Crippen LogP contribution in [0.4, 0.5) is 0 Å². The van der Waals surface area contributed by atoms with Crippen LogP contribution in [0.1, 0.15) is 181 Å². The molecule has 0 bridgehead atoms. The summed E-state index contributed by atoms with van der Waals surface area (Å²) < 4.78 is 22.1. The Morgan fingerprint density at radius 1 is 0.673 bits per heavy atom. The normalized spacial score (nSPS) is 14.6. The van der Waals surface area contributed by atoms with E-state index >= 15 is 0 Å². The molecule has 0 saturated carbocycles. The van der Waals surface area contributed by atoms with E-state index in [1.54, 1.807) is 6.08 Å². The van der Waals surface area contributed by atoms with Gasteiger partial charge in [0.25, 0.3) is 0 Å². The number of aliphatic hydroxyl groups is 1. The summed E-state index contributed by atoms with van der Waals surface area (Å²) >= 11 is 0. The number of aliphatic hydroxyl groups excluding tert-OH is 1. The fourth-order valence-electron chi connectivity index (χ4n) is 5.63. The summed E-state index contributed by atoms with van der Waals surface area (Å²) in [6.45, 7) is 4.09. The minimum Gasteiger partial charge on any atom is -0.387 e.